The molecule has 2 aromatic carbocycles. The molecule has 7 heteroatoms. The van der Waals surface area contributed by atoms with E-state index >= 15 is 0 Å². The molecule has 0 atom stereocenters. The van der Waals surface area contributed by atoms with Gasteiger partial charge in [0, 0.05) is 51.5 Å². The lowest BCUT2D eigenvalue weighted by Gasteiger charge is -2.22. The number of nitrogens with zero attached hydrogens (tertiary/aromatic N) is 2. The lowest BCUT2D eigenvalue weighted by molar-refractivity contribution is 0.520. The molecule has 0 radical (unpaired) electrons. The third kappa shape index (κ3) is 4.48. The molecule has 0 amide bonds. The highest BCUT2D eigenvalue weighted by atomic mass is 32.2. The molecule has 146 valence electrons. The Labute approximate surface area is 160 Å². The van der Waals surface area contributed by atoms with Crippen LogP contribution < -0.4 is 10.2 Å². The fraction of sp³-hybridized carbons (Fsp3) is 0.400. The van der Waals surface area contributed by atoms with E-state index in [-0.39, 0.29) is 10.7 Å². The van der Waals surface area contributed by atoms with Crippen LogP contribution in [0.5, 0.6) is 0 Å². The van der Waals surface area contributed by atoms with Gasteiger partial charge in [0.2, 0.25) is 10.0 Å². The molecule has 1 saturated heterocycles. The number of nitrogens with one attached hydrogen (secondary N) is 1. The fourth-order valence-electron chi connectivity index (χ4n) is 3.30. The van der Waals surface area contributed by atoms with E-state index in [1.54, 1.807) is 30.3 Å². The lowest BCUT2D eigenvalue weighted by Crippen LogP contribution is -2.23. The van der Waals surface area contributed by atoms with Gasteiger partial charge in [-0.2, -0.15) is 0 Å². The van der Waals surface area contributed by atoms with E-state index in [1.807, 2.05) is 6.07 Å². The molecule has 0 unspecified atom stereocenters. The molecule has 2 aromatic rings. The Morgan fingerprint density at radius 2 is 1.70 bits per heavy atom. The number of halogens is 1. The zero-order valence-electron chi connectivity index (χ0n) is 15.8. The first-order chi connectivity index (χ1) is 12.9. The zero-order chi connectivity index (χ0) is 19.4. The van der Waals surface area contributed by atoms with E-state index in [2.05, 4.69) is 10.2 Å². The molecule has 5 nitrogen and oxygen atoms in total. The van der Waals surface area contributed by atoms with Crippen molar-refractivity contribution in [1.82, 2.24) is 9.62 Å². The summed E-state index contributed by atoms with van der Waals surface area (Å²) in [7, 11) is -0.398. The van der Waals surface area contributed by atoms with Gasteiger partial charge in [-0.1, -0.05) is 18.2 Å². The first-order valence-corrected chi connectivity index (χ1v) is 10.6. The predicted octanol–water partition coefficient (Wildman–Crippen LogP) is 2.97. The Balaban J connectivity index is 1.65. The van der Waals surface area contributed by atoms with Crippen molar-refractivity contribution >= 4 is 15.7 Å². The first kappa shape index (κ1) is 19.8. The van der Waals surface area contributed by atoms with Crippen LogP contribution in [-0.4, -0.2) is 39.9 Å². The summed E-state index contributed by atoms with van der Waals surface area (Å²) in [5, 5.41) is 3.28. The third-order valence-corrected chi connectivity index (χ3v) is 6.70. The fourth-order valence-corrected chi connectivity index (χ4v) is 4.20. The maximum Gasteiger partial charge on any atom is 0.242 e. The van der Waals surface area contributed by atoms with Crippen molar-refractivity contribution in [2.75, 3.05) is 32.1 Å². The highest BCUT2D eigenvalue weighted by Crippen LogP contribution is 2.26. The Hall–Kier alpha value is -1.96. The van der Waals surface area contributed by atoms with Crippen LogP contribution in [0.25, 0.3) is 0 Å². The minimum Gasteiger partial charge on any atom is -0.371 e. The van der Waals surface area contributed by atoms with Crippen LogP contribution >= 0.6 is 0 Å². The van der Waals surface area contributed by atoms with Crippen molar-refractivity contribution in [1.29, 1.82) is 0 Å². The molecule has 0 aromatic heterocycles. The van der Waals surface area contributed by atoms with Crippen LogP contribution in [0.15, 0.2) is 47.4 Å². The largest absolute Gasteiger partial charge is 0.371 e. The minimum absolute atomic E-state index is 0.195. The number of sulfonamides is 1. The van der Waals surface area contributed by atoms with E-state index in [9.17, 15) is 12.8 Å². The molecule has 3 rings (SSSR count). The second-order valence-corrected chi connectivity index (χ2v) is 9.12. The maximum atomic E-state index is 14.4. The van der Waals surface area contributed by atoms with Crippen LogP contribution in [0.2, 0.25) is 0 Å². The quantitative estimate of drug-likeness (QED) is 0.788. The van der Waals surface area contributed by atoms with E-state index in [4.69, 9.17) is 0 Å². The van der Waals surface area contributed by atoms with Crippen molar-refractivity contribution in [2.45, 2.75) is 30.8 Å². The topological polar surface area (TPSA) is 52.7 Å². The summed E-state index contributed by atoms with van der Waals surface area (Å²) < 4.78 is 39.8. The van der Waals surface area contributed by atoms with Crippen LogP contribution in [0.3, 0.4) is 0 Å². The third-order valence-electron chi connectivity index (χ3n) is 4.87. The molecule has 1 fully saturated rings. The first-order valence-electron chi connectivity index (χ1n) is 9.14. The second kappa shape index (κ2) is 8.37. The summed E-state index contributed by atoms with van der Waals surface area (Å²) in [6.07, 6.45) is 2.29. The van der Waals surface area contributed by atoms with Crippen molar-refractivity contribution in [3.05, 3.63) is 59.4 Å². The SMILES string of the molecule is CN(C)S(=O)(=O)c1ccc(CNCc2c(F)cccc2N2CCCC2)cc1. The van der Waals surface area contributed by atoms with E-state index in [0.717, 1.165) is 37.2 Å². The van der Waals surface area contributed by atoms with Gasteiger partial charge in [-0.3, -0.25) is 0 Å². The Morgan fingerprint density at radius 1 is 1.04 bits per heavy atom. The average molecular weight is 392 g/mol. The van der Waals surface area contributed by atoms with Gasteiger partial charge in [-0.05, 0) is 42.7 Å². The molecule has 0 aliphatic carbocycles. The van der Waals surface area contributed by atoms with Gasteiger partial charge >= 0.3 is 0 Å². The molecule has 0 bridgehead atoms. The molecule has 27 heavy (non-hydrogen) atoms. The van der Waals surface area contributed by atoms with Gasteiger partial charge in [0.1, 0.15) is 5.82 Å². The highest BCUT2D eigenvalue weighted by Gasteiger charge is 2.18. The molecule has 0 spiro atoms. The Kier molecular flexibility index (Phi) is 6.14. The van der Waals surface area contributed by atoms with Crippen molar-refractivity contribution in [3.63, 3.8) is 0 Å². The lowest BCUT2D eigenvalue weighted by atomic mass is 10.1. The molecular formula is C20H26FN3O2S. The van der Waals surface area contributed by atoms with Gasteiger partial charge < -0.3 is 10.2 Å². The number of benzene rings is 2. The van der Waals surface area contributed by atoms with Crippen molar-refractivity contribution in [3.8, 4) is 0 Å². The summed E-state index contributed by atoms with van der Waals surface area (Å²) in [4.78, 5) is 2.50. The maximum absolute atomic E-state index is 14.4. The van der Waals surface area contributed by atoms with Gasteiger partial charge in [0.25, 0.3) is 0 Å². The van der Waals surface area contributed by atoms with Crippen LogP contribution in [0, 0.1) is 5.82 Å². The van der Waals surface area contributed by atoms with Gasteiger partial charge in [-0.15, -0.1) is 0 Å². The summed E-state index contributed by atoms with van der Waals surface area (Å²) in [6, 6.07) is 12.0. The Morgan fingerprint density at radius 3 is 2.33 bits per heavy atom. The number of hydrogen-bond donors (Lipinski definition) is 1. The summed E-state index contributed by atoms with van der Waals surface area (Å²) in [6.45, 7) is 2.91. The summed E-state index contributed by atoms with van der Waals surface area (Å²) in [5.74, 6) is -0.195. The number of hydrogen-bond acceptors (Lipinski definition) is 4. The molecule has 1 aliphatic rings. The van der Waals surface area contributed by atoms with Gasteiger partial charge in [0.15, 0.2) is 0 Å². The van der Waals surface area contributed by atoms with Crippen molar-refractivity contribution in [2.24, 2.45) is 0 Å². The standard InChI is InChI=1S/C20H26FN3O2S/c1-23(2)27(25,26)17-10-8-16(9-11-17)14-22-15-18-19(21)6-5-7-20(18)24-12-3-4-13-24/h5-11,22H,3-4,12-15H2,1-2H3. The predicted molar refractivity (Wildman–Crippen MR) is 106 cm³/mol. The average Bonchev–Trinajstić information content (AvgIpc) is 3.18. The van der Waals surface area contributed by atoms with Crippen LogP contribution in [-0.2, 0) is 23.1 Å². The molecule has 1 heterocycles. The van der Waals surface area contributed by atoms with Crippen LogP contribution in [0.4, 0.5) is 10.1 Å². The van der Waals surface area contributed by atoms with E-state index in [1.165, 1.54) is 24.5 Å². The zero-order valence-corrected chi connectivity index (χ0v) is 16.6. The van der Waals surface area contributed by atoms with E-state index in [0.29, 0.717) is 18.7 Å². The Bertz CT molecular complexity index is 877. The molecule has 0 saturated carbocycles. The van der Waals surface area contributed by atoms with Crippen molar-refractivity contribution < 1.29 is 12.8 Å². The molecule has 1 N–H and O–H groups in total. The molecular weight excluding hydrogens is 365 g/mol. The van der Waals surface area contributed by atoms with Gasteiger partial charge in [-0.25, -0.2) is 17.1 Å². The summed E-state index contributed by atoms with van der Waals surface area (Å²) >= 11 is 0. The molecule has 1 aliphatic heterocycles. The van der Waals surface area contributed by atoms with Crippen LogP contribution in [0.1, 0.15) is 24.0 Å². The second-order valence-electron chi connectivity index (χ2n) is 6.97. The number of anilines is 1. The normalized spacial score (nSPS) is 14.9. The minimum atomic E-state index is -3.42. The number of rotatable bonds is 7. The summed E-state index contributed by atoms with van der Waals surface area (Å²) in [5.41, 5.74) is 2.60. The smallest absolute Gasteiger partial charge is 0.242 e. The highest BCUT2D eigenvalue weighted by molar-refractivity contribution is 7.89. The monoisotopic (exact) mass is 391 g/mol. The van der Waals surface area contributed by atoms with Gasteiger partial charge in [0.05, 0.1) is 4.90 Å². The van der Waals surface area contributed by atoms with E-state index < -0.39 is 10.0 Å².